The van der Waals surface area contributed by atoms with Crippen molar-refractivity contribution in [2.75, 3.05) is 38.1 Å². The molecule has 1 aliphatic heterocycles. The fourth-order valence-corrected chi connectivity index (χ4v) is 4.21. The Hall–Kier alpha value is -3.78. The van der Waals surface area contributed by atoms with Crippen LogP contribution in [0.3, 0.4) is 0 Å². The van der Waals surface area contributed by atoms with Gasteiger partial charge in [-0.15, -0.1) is 0 Å². The molecule has 0 spiro atoms. The highest BCUT2D eigenvalue weighted by Gasteiger charge is 2.23. The van der Waals surface area contributed by atoms with Gasteiger partial charge in [0.05, 0.1) is 11.1 Å². The molecule has 0 radical (unpaired) electrons. The zero-order chi connectivity index (χ0) is 22.4. The molecule has 1 N–H and O–H groups in total. The van der Waals surface area contributed by atoms with Gasteiger partial charge in [-0.2, -0.15) is 0 Å². The number of benzene rings is 2. The maximum atomic E-state index is 15.1. The Labute approximate surface area is 182 Å². The predicted molar refractivity (Wildman–Crippen MR) is 121 cm³/mol. The fraction of sp³-hybridized carbons (Fsp3) is 0.208. The van der Waals surface area contributed by atoms with Crippen molar-refractivity contribution in [1.29, 1.82) is 0 Å². The summed E-state index contributed by atoms with van der Waals surface area (Å²) in [4.78, 5) is 33.3. The van der Waals surface area contributed by atoms with E-state index >= 15 is 4.39 Å². The number of hydrogen-bond donors (Lipinski definition) is 1. The summed E-state index contributed by atoms with van der Waals surface area (Å²) in [7, 11) is 2.01. The van der Waals surface area contributed by atoms with Crippen LogP contribution in [0.1, 0.15) is 10.4 Å². The maximum Gasteiger partial charge on any atom is 0.341 e. The van der Waals surface area contributed by atoms with Gasteiger partial charge in [0, 0.05) is 37.8 Å². The first-order valence-electron chi connectivity index (χ1n) is 10.3. The van der Waals surface area contributed by atoms with E-state index in [1.807, 2.05) is 54.4 Å². The molecule has 1 fully saturated rings. The lowest BCUT2D eigenvalue weighted by molar-refractivity contribution is 0.0695. The standard InChI is InChI=1S/C24H21FN4O3/c1-27-9-11-28(12-10-27)23-19(25)13-17-21(30)18(24(31)32)14-29(22(17)26-23)20-8-4-6-15-5-2-3-7-16(15)20/h2-8,13-14H,9-12H2,1H3,(H,31,32). The Morgan fingerprint density at radius 2 is 1.75 bits per heavy atom. The first kappa shape index (κ1) is 20.1. The molecular formula is C24H21FN4O3. The maximum absolute atomic E-state index is 15.1. The monoisotopic (exact) mass is 432 g/mol. The van der Waals surface area contributed by atoms with E-state index in [0.717, 1.165) is 29.9 Å². The van der Waals surface area contributed by atoms with E-state index < -0.39 is 22.8 Å². The molecular weight excluding hydrogens is 411 g/mol. The van der Waals surface area contributed by atoms with Crippen molar-refractivity contribution < 1.29 is 14.3 Å². The van der Waals surface area contributed by atoms with Crippen LogP contribution < -0.4 is 10.3 Å². The summed E-state index contributed by atoms with van der Waals surface area (Å²) in [5.41, 5.74) is -0.287. The molecule has 8 heteroatoms. The highest BCUT2D eigenvalue weighted by atomic mass is 19.1. The minimum atomic E-state index is -1.37. The second-order valence-electron chi connectivity index (χ2n) is 8.00. The van der Waals surface area contributed by atoms with Crippen LogP contribution in [0.25, 0.3) is 27.5 Å². The molecule has 1 saturated heterocycles. The van der Waals surface area contributed by atoms with Gasteiger partial charge >= 0.3 is 5.97 Å². The van der Waals surface area contributed by atoms with Crippen molar-refractivity contribution in [2.24, 2.45) is 0 Å². The lowest BCUT2D eigenvalue weighted by Crippen LogP contribution is -2.45. The number of rotatable bonds is 3. The molecule has 2 aromatic heterocycles. The van der Waals surface area contributed by atoms with Crippen molar-refractivity contribution in [3.8, 4) is 5.69 Å². The molecule has 2 aromatic carbocycles. The summed E-state index contributed by atoms with van der Waals surface area (Å²) < 4.78 is 16.7. The van der Waals surface area contributed by atoms with E-state index in [1.54, 1.807) is 4.57 Å². The van der Waals surface area contributed by atoms with Crippen molar-refractivity contribution in [2.45, 2.75) is 0 Å². The van der Waals surface area contributed by atoms with Crippen LogP contribution in [-0.2, 0) is 0 Å². The van der Waals surface area contributed by atoms with Gasteiger partial charge in [-0.25, -0.2) is 14.2 Å². The Bertz CT molecular complexity index is 1420. The van der Waals surface area contributed by atoms with Gasteiger partial charge in [0.1, 0.15) is 5.56 Å². The number of hydrogen-bond acceptors (Lipinski definition) is 5. The third-order valence-corrected chi connectivity index (χ3v) is 5.97. The molecule has 0 unspecified atom stereocenters. The summed E-state index contributed by atoms with van der Waals surface area (Å²) in [5, 5.41) is 11.4. The number of fused-ring (bicyclic) bond motifs is 2. The van der Waals surface area contributed by atoms with E-state index in [9.17, 15) is 14.7 Å². The van der Waals surface area contributed by atoms with Gasteiger partial charge in [0.25, 0.3) is 0 Å². The van der Waals surface area contributed by atoms with E-state index in [0.29, 0.717) is 18.8 Å². The van der Waals surface area contributed by atoms with Crippen LogP contribution in [-0.4, -0.2) is 58.8 Å². The average Bonchev–Trinajstić information content (AvgIpc) is 2.79. The molecule has 0 saturated carbocycles. The lowest BCUT2D eigenvalue weighted by atomic mass is 10.1. The molecule has 5 rings (SSSR count). The van der Waals surface area contributed by atoms with Crippen molar-refractivity contribution in [1.82, 2.24) is 14.5 Å². The Balaban J connectivity index is 1.82. The van der Waals surface area contributed by atoms with Crippen LogP contribution >= 0.6 is 0 Å². The first-order chi connectivity index (χ1) is 15.4. The molecule has 0 amide bonds. The third kappa shape index (κ3) is 3.29. The number of carbonyl (C=O) groups is 1. The van der Waals surface area contributed by atoms with Gasteiger partial charge < -0.3 is 14.9 Å². The van der Waals surface area contributed by atoms with Gasteiger partial charge in [-0.3, -0.25) is 9.36 Å². The quantitative estimate of drug-likeness (QED) is 0.536. The second-order valence-corrected chi connectivity index (χ2v) is 8.00. The summed E-state index contributed by atoms with van der Waals surface area (Å²) in [6, 6.07) is 14.4. The number of likely N-dealkylation sites (N-methyl/N-ethyl adjacent to an activating group) is 1. The number of aromatic nitrogens is 2. The number of nitrogens with zero attached hydrogens (tertiary/aromatic N) is 4. The molecule has 7 nitrogen and oxygen atoms in total. The fourth-order valence-electron chi connectivity index (χ4n) is 4.21. The van der Waals surface area contributed by atoms with E-state index in [-0.39, 0.29) is 16.9 Å². The van der Waals surface area contributed by atoms with Gasteiger partial charge in [-0.1, -0.05) is 36.4 Å². The number of carboxylic acids is 1. The number of aromatic carboxylic acids is 1. The van der Waals surface area contributed by atoms with Crippen LogP contribution in [0.2, 0.25) is 0 Å². The average molecular weight is 432 g/mol. The molecule has 0 aliphatic carbocycles. The van der Waals surface area contributed by atoms with E-state index in [4.69, 9.17) is 0 Å². The smallest absolute Gasteiger partial charge is 0.341 e. The largest absolute Gasteiger partial charge is 0.477 e. The van der Waals surface area contributed by atoms with Crippen LogP contribution in [0.5, 0.6) is 0 Å². The lowest BCUT2D eigenvalue weighted by Gasteiger charge is -2.33. The highest BCUT2D eigenvalue weighted by Crippen LogP contribution is 2.28. The molecule has 32 heavy (non-hydrogen) atoms. The number of anilines is 1. The second kappa shape index (κ2) is 7.72. The van der Waals surface area contributed by atoms with Gasteiger partial charge in [-0.05, 0) is 24.6 Å². The van der Waals surface area contributed by atoms with Crippen LogP contribution in [0, 0.1) is 5.82 Å². The number of piperazine rings is 1. The zero-order valence-electron chi connectivity index (χ0n) is 17.5. The van der Waals surface area contributed by atoms with E-state index in [2.05, 4.69) is 9.88 Å². The van der Waals surface area contributed by atoms with Crippen molar-refractivity contribution >= 4 is 33.6 Å². The SMILES string of the molecule is CN1CCN(c2nc3c(cc2F)c(=O)c(C(=O)O)cn3-c2cccc3ccccc23)CC1. The van der Waals surface area contributed by atoms with Crippen LogP contribution in [0.15, 0.2) is 59.5 Å². The normalized spacial score (nSPS) is 14.9. The minimum absolute atomic E-state index is 0.0618. The first-order valence-corrected chi connectivity index (χ1v) is 10.3. The summed E-state index contributed by atoms with van der Waals surface area (Å²) in [6.07, 6.45) is 1.29. The van der Waals surface area contributed by atoms with Crippen molar-refractivity contribution in [3.05, 3.63) is 76.3 Å². The number of carboxylic acid groups (broad SMARTS) is 1. The third-order valence-electron chi connectivity index (χ3n) is 5.97. The predicted octanol–water partition coefficient (Wildman–Crippen LogP) is 3.13. The molecule has 162 valence electrons. The topological polar surface area (TPSA) is 78.7 Å². The molecule has 0 bridgehead atoms. The Kier molecular flexibility index (Phi) is 4.86. The highest BCUT2D eigenvalue weighted by molar-refractivity contribution is 5.95. The van der Waals surface area contributed by atoms with Gasteiger partial charge in [0.2, 0.25) is 5.43 Å². The molecule has 1 aliphatic rings. The summed E-state index contributed by atoms with van der Waals surface area (Å²) in [5.74, 6) is -1.83. The Morgan fingerprint density at radius 1 is 1.03 bits per heavy atom. The van der Waals surface area contributed by atoms with Crippen LogP contribution in [0.4, 0.5) is 10.2 Å². The number of halogens is 1. The molecule has 4 aromatic rings. The van der Waals surface area contributed by atoms with Gasteiger partial charge in [0.15, 0.2) is 17.3 Å². The molecule has 0 atom stereocenters. The zero-order valence-corrected chi connectivity index (χ0v) is 17.5. The Morgan fingerprint density at radius 3 is 2.50 bits per heavy atom. The minimum Gasteiger partial charge on any atom is -0.477 e. The summed E-state index contributed by atoms with van der Waals surface area (Å²) in [6.45, 7) is 2.76. The van der Waals surface area contributed by atoms with E-state index in [1.165, 1.54) is 6.20 Å². The number of pyridine rings is 2. The molecule has 3 heterocycles. The summed E-state index contributed by atoms with van der Waals surface area (Å²) >= 11 is 0. The van der Waals surface area contributed by atoms with Crippen molar-refractivity contribution in [3.63, 3.8) is 0 Å².